The molecule has 1 aromatic carbocycles. The topological polar surface area (TPSA) is 39.8 Å². The number of nitrogens with zero attached hydrogens (tertiary/aromatic N) is 3. The highest BCUT2D eigenvalue weighted by Crippen LogP contribution is 2.22. The second-order valence-electron chi connectivity index (χ2n) is 6.45. The molecule has 4 nitrogen and oxygen atoms in total. The fraction of sp³-hybridized carbons (Fsp3) is 0.294. The summed E-state index contributed by atoms with van der Waals surface area (Å²) in [5.74, 6) is 0.221. The van der Waals surface area contributed by atoms with Crippen molar-refractivity contribution in [3.8, 4) is 5.82 Å². The summed E-state index contributed by atoms with van der Waals surface area (Å²) in [6, 6.07) is 8.06. The Labute approximate surface area is 127 Å². The molecule has 0 spiro atoms. The van der Waals surface area contributed by atoms with Crippen LogP contribution in [0.5, 0.6) is 0 Å². The molecule has 3 aromatic rings. The first-order valence-electron chi connectivity index (χ1n) is 7.16. The minimum absolute atomic E-state index is 0.218. The van der Waals surface area contributed by atoms with E-state index in [2.05, 4.69) is 4.98 Å². The lowest BCUT2D eigenvalue weighted by molar-refractivity contribution is 0.321. The van der Waals surface area contributed by atoms with E-state index in [0.717, 1.165) is 5.56 Å². The van der Waals surface area contributed by atoms with Crippen molar-refractivity contribution in [3.63, 3.8) is 0 Å². The van der Waals surface area contributed by atoms with Crippen LogP contribution in [0.4, 0.5) is 4.39 Å². The first kappa shape index (κ1) is 14.5. The van der Waals surface area contributed by atoms with Crippen LogP contribution in [0, 0.1) is 12.7 Å². The van der Waals surface area contributed by atoms with Gasteiger partial charge in [0.2, 0.25) is 0 Å². The molecule has 0 bridgehead atoms. The largest absolute Gasteiger partial charge is 0.275 e. The third-order valence-corrected chi connectivity index (χ3v) is 3.56. The van der Waals surface area contributed by atoms with Crippen LogP contribution in [0.1, 0.15) is 26.3 Å². The Hall–Kier alpha value is -2.43. The summed E-state index contributed by atoms with van der Waals surface area (Å²) in [7, 11) is 0. The number of fused-ring (bicyclic) bond motifs is 1. The first-order valence-corrected chi connectivity index (χ1v) is 7.16. The minimum atomic E-state index is -0.459. The van der Waals surface area contributed by atoms with Gasteiger partial charge in [-0.3, -0.25) is 4.79 Å². The van der Waals surface area contributed by atoms with Crippen molar-refractivity contribution in [1.82, 2.24) is 14.3 Å². The average Bonchev–Trinajstić information content (AvgIpc) is 2.72. The summed E-state index contributed by atoms with van der Waals surface area (Å²) in [6.07, 6.45) is 1.75. The van der Waals surface area contributed by atoms with E-state index in [9.17, 15) is 9.18 Å². The van der Waals surface area contributed by atoms with Crippen molar-refractivity contribution in [2.45, 2.75) is 33.2 Å². The fourth-order valence-corrected chi connectivity index (χ4v) is 2.59. The van der Waals surface area contributed by atoms with E-state index in [1.807, 2.05) is 39.8 Å². The smallest absolute Gasteiger partial charge is 0.267 e. The number of rotatable bonds is 1. The number of hydrogen-bond donors (Lipinski definition) is 0. The van der Waals surface area contributed by atoms with Gasteiger partial charge in [0.25, 0.3) is 5.56 Å². The summed E-state index contributed by atoms with van der Waals surface area (Å²) in [5.41, 5.74) is 1.01. The molecule has 0 aliphatic carbocycles. The van der Waals surface area contributed by atoms with Gasteiger partial charge in [0, 0.05) is 6.20 Å². The fourth-order valence-electron chi connectivity index (χ4n) is 2.59. The number of hydrogen-bond acceptors (Lipinski definition) is 2. The Kier molecular flexibility index (Phi) is 3.16. The summed E-state index contributed by atoms with van der Waals surface area (Å²) in [6.45, 7) is 7.77. The van der Waals surface area contributed by atoms with Crippen molar-refractivity contribution < 1.29 is 4.39 Å². The van der Waals surface area contributed by atoms with E-state index in [1.165, 1.54) is 12.1 Å². The van der Waals surface area contributed by atoms with Crippen LogP contribution in [0.2, 0.25) is 0 Å². The lowest BCUT2D eigenvalue weighted by Crippen LogP contribution is -2.36. The van der Waals surface area contributed by atoms with Crippen molar-refractivity contribution in [1.29, 1.82) is 0 Å². The zero-order chi connectivity index (χ0) is 16.1. The lowest BCUT2D eigenvalue weighted by Gasteiger charge is -2.24. The molecule has 2 heterocycles. The highest BCUT2D eigenvalue weighted by molar-refractivity contribution is 5.80. The molecule has 5 heteroatoms. The highest BCUT2D eigenvalue weighted by atomic mass is 19.1. The second-order valence-corrected chi connectivity index (χ2v) is 6.45. The van der Waals surface area contributed by atoms with E-state index >= 15 is 0 Å². The molecule has 0 saturated carbocycles. The van der Waals surface area contributed by atoms with E-state index in [1.54, 1.807) is 21.6 Å². The molecule has 2 aromatic heterocycles. The van der Waals surface area contributed by atoms with Crippen LogP contribution < -0.4 is 5.56 Å². The van der Waals surface area contributed by atoms with E-state index in [-0.39, 0.29) is 5.56 Å². The van der Waals surface area contributed by atoms with Gasteiger partial charge in [0.15, 0.2) is 5.82 Å². The molecule has 0 aliphatic rings. The van der Waals surface area contributed by atoms with E-state index < -0.39 is 11.4 Å². The molecule has 0 aliphatic heterocycles. The Bertz CT molecular complexity index is 899. The Morgan fingerprint density at radius 1 is 1.14 bits per heavy atom. The monoisotopic (exact) mass is 299 g/mol. The van der Waals surface area contributed by atoms with Crippen molar-refractivity contribution in [2.75, 3.05) is 0 Å². The molecule has 0 fully saturated rings. The van der Waals surface area contributed by atoms with E-state index in [4.69, 9.17) is 0 Å². The van der Waals surface area contributed by atoms with Gasteiger partial charge in [0.1, 0.15) is 5.82 Å². The van der Waals surface area contributed by atoms with Gasteiger partial charge in [-0.05, 0) is 57.5 Å². The van der Waals surface area contributed by atoms with E-state index in [0.29, 0.717) is 16.7 Å². The zero-order valence-electron chi connectivity index (χ0n) is 13.1. The quantitative estimate of drug-likeness (QED) is 0.691. The van der Waals surface area contributed by atoms with Gasteiger partial charge >= 0.3 is 0 Å². The predicted molar refractivity (Wildman–Crippen MR) is 85.0 cm³/mol. The highest BCUT2D eigenvalue weighted by Gasteiger charge is 2.24. The summed E-state index contributed by atoms with van der Waals surface area (Å²) in [4.78, 5) is 17.2. The van der Waals surface area contributed by atoms with Gasteiger partial charge in [-0.1, -0.05) is 6.07 Å². The molecule has 3 rings (SSSR count). The molecular weight excluding hydrogens is 281 g/mol. The molecule has 114 valence electrons. The first-order chi connectivity index (χ1) is 10.3. The maximum absolute atomic E-state index is 13.5. The average molecular weight is 299 g/mol. The summed E-state index contributed by atoms with van der Waals surface area (Å²) < 4.78 is 16.9. The Morgan fingerprint density at radius 3 is 2.45 bits per heavy atom. The summed E-state index contributed by atoms with van der Waals surface area (Å²) >= 11 is 0. The molecule has 0 N–H and O–H groups in total. The predicted octanol–water partition coefficient (Wildman–Crippen LogP) is 3.39. The SMILES string of the molecule is Cc1ccc(-n2c3ccc(F)cc3c(=O)n2C(C)(C)C)nc1. The molecule has 0 amide bonds. The molecule has 0 saturated heterocycles. The van der Waals surface area contributed by atoms with Crippen molar-refractivity contribution >= 4 is 10.9 Å². The van der Waals surface area contributed by atoms with Gasteiger partial charge in [-0.25, -0.2) is 18.7 Å². The maximum atomic E-state index is 13.5. The maximum Gasteiger partial charge on any atom is 0.275 e. The normalized spacial score (nSPS) is 12.0. The van der Waals surface area contributed by atoms with Crippen LogP contribution in [0.15, 0.2) is 41.3 Å². The van der Waals surface area contributed by atoms with Crippen LogP contribution in [0.3, 0.4) is 0 Å². The van der Waals surface area contributed by atoms with Crippen LogP contribution in [-0.4, -0.2) is 14.3 Å². The number of halogens is 1. The Morgan fingerprint density at radius 2 is 1.86 bits per heavy atom. The van der Waals surface area contributed by atoms with Gasteiger partial charge in [-0.2, -0.15) is 0 Å². The number of pyridine rings is 1. The number of benzene rings is 1. The molecule has 22 heavy (non-hydrogen) atoms. The van der Waals surface area contributed by atoms with Crippen LogP contribution >= 0.6 is 0 Å². The molecule has 0 radical (unpaired) electrons. The number of aryl methyl sites for hydroxylation is 1. The third-order valence-electron chi connectivity index (χ3n) is 3.56. The molecule has 0 unspecified atom stereocenters. The minimum Gasteiger partial charge on any atom is -0.267 e. The number of aromatic nitrogens is 3. The Balaban J connectivity index is 2.46. The van der Waals surface area contributed by atoms with Crippen molar-refractivity contribution in [2.24, 2.45) is 0 Å². The van der Waals surface area contributed by atoms with Crippen LogP contribution in [0.25, 0.3) is 16.7 Å². The lowest BCUT2D eigenvalue weighted by atomic mass is 10.1. The molecular formula is C17H18FN3O. The third kappa shape index (κ3) is 2.22. The molecule has 0 atom stereocenters. The second kappa shape index (κ2) is 4.80. The van der Waals surface area contributed by atoms with Gasteiger partial charge in [0.05, 0.1) is 16.4 Å². The van der Waals surface area contributed by atoms with Gasteiger partial charge < -0.3 is 0 Å². The standard InChI is InChI=1S/C17H18FN3O/c1-11-5-8-15(19-10-11)20-14-7-6-12(18)9-13(14)16(22)21(20)17(2,3)4/h5-10H,1-4H3. The zero-order valence-corrected chi connectivity index (χ0v) is 13.1. The summed E-state index contributed by atoms with van der Waals surface area (Å²) in [5, 5.41) is 0.359. The van der Waals surface area contributed by atoms with Gasteiger partial charge in [-0.15, -0.1) is 0 Å². The van der Waals surface area contributed by atoms with Crippen molar-refractivity contribution in [3.05, 3.63) is 58.3 Å². The van der Waals surface area contributed by atoms with Crippen LogP contribution in [-0.2, 0) is 5.54 Å².